The smallest absolute Gasteiger partial charge is 0.176 e. The summed E-state index contributed by atoms with van der Waals surface area (Å²) in [6.45, 7) is 4.91. The Hall–Kier alpha value is -0.820. The summed E-state index contributed by atoms with van der Waals surface area (Å²) in [4.78, 5) is 8.79. The topological polar surface area (TPSA) is 61.6 Å². The Morgan fingerprint density at radius 2 is 1.05 bits per heavy atom. The Morgan fingerprint density at radius 3 is 1.32 bits per heavy atom. The summed E-state index contributed by atoms with van der Waals surface area (Å²) < 4.78 is 20.3. The summed E-state index contributed by atoms with van der Waals surface area (Å²) >= 11 is 0. The molecule has 0 amide bonds. The van der Waals surface area contributed by atoms with E-state index in [-0.39, 0.29) is 12.6 Å². The molecule has 0 spiro atoms. The van der Waals surface area contributed by atoms with Gasteiger partial charge in [-0.25, -0.2) is 0 Å². The lowest BCUT2D eigenvalue weighted by molar-refractivity contribution is -0.0937. The van der Waals surface area contributed by atoms with E-state index in [0.717, 1.165) is 17.8 Å². The molecule has 0 bridgehead atoms. The van der Waals surface area contributed by atoms with E-state index in [0.29, 0.717) is 13.1 Å². The summed E-state index contributed by atoms with van der Waals surface area (Å²) in [5.41, 5.74) is 1.98. The van der Waals surface area contributed by atoms with Crippen molar-refractivity contribution >= 4 is 11.4 Å². The van der Waals surface area contributed by atoms with Crippen LogP contribution in [0.15, 0.2) is 9.98 Å². The van der Waals surface area contributed by atoms with Gasteiger partial charge in [0.15, 0.2) is 12.6 Å². The van der Waals surface area contributed by atoms with Gasteiger partial charge in [0, 0.05) is 46.3 Å². The van der Waals surface area contributed by atoms with E-state index in [4.69, 9.17) is 18.9 Å². The first-order valence-corrected chi connectivity index (χ1v) is 6.18. The molecule has 0 N–H and O–H groups in total. The van der Waals surface area contributed by atoms with Gasteiger partial charge in [0.05, 0.1) is 13.1 Å². The first-order chi connectivity index (χ1) is 9.07. The van der Waals surface area contributed by atoms with Crippen LogP contribution in [0.4, 0.5) is 0 Å². The minimum Gasteiger partial charge on any atom is -0.354 e. The summed E-state index contributed by atoms with van der Waals surface area (Å²) in [5.74, 6) is 0. The lowest BCUT2D eigenvalue weighted by Crippen LogP contribution is -2.19. The second kappa shape index (κ2) is 11.0. The van der Waals surface area contributed by atoms with Gasteiger partial charge in [-0.05, 0) is 13.8 Å². The van der Waals surface area contributed by atoms with E-state index in [2.05, 4.69) is 9.98 Å². The van der Waals surface area contributed by atoms with Gasteiger partial charge in [0.1, 0.15) is 0 Å². The zero-order chi connectivity index (χ0) is 14.7. The normalized spacial score (nSPS) is 13.7. The molecule has 0 saturated carbocycles. The van der Waals surface area contributed by atoms with Gasteiger partial charge >= 0.3 is 0 Å². The van der Waals surface area contributed by atoms with Crippen molar-refractivity contribution in [1.82, 2.24) is 0 Å². The highest BCUT2D eigenvalue weighted by Crippen LogP contribution is 1.98. The number of methoxy groups -OCH3 is 4. The molecule has 0 rings (SSSR count). The van der Waals surface area contributed by atoms with Crippen molar-refractivity contribution in [3.63, 3.8) is 0 Å². The van der Waals surface area contributed by atoms with Gasteiger partial charge in [-0.15, -0.1) is 0 Å². The molecule has 0 unspecified atom stereocenters. The van der Waals surface area contributed by atoms with E-state index in [9.17, 15) is 0 Å². The van der Waals surface area contributed by atoms with Gasteiger partial charge in [-0.2, -0.15) is 0 Å². The Kier molecular flexibility index (Phi) is 10.6. The van der Waals surface area contributed by atoms with Crippen LogP contribution in [0.3, 0.4) is 0 Å². The van der Waals surface area contributed by atoms with Crippen LogP contribution in [0, 0.1) is 0 Å². The van der Waals surface area contributed by atoms with Gasteiger partial charge in [-0.1, -0.05) is 0 Å². The van der Waals surface area contributed by atoms with Crippen molar-refractivity contribution in [2.24, 2.45) is 9.98 Å². The SMILES string of the molecule is COC(CN=C(C)CC(C)=NCC(OC)OC)OC. The highest BCUT2D eigenvalue weighted by Gasteiger charge is 2.05. The summed E-state index contributed by atoms with van der Waals surface area (Å²) in [7, 11) is 6.39. The van der Waals surface area contributed by atoms with Crippen LogP contribution < -0.4 is 0 Å². The van der Waals surface area contributed by atoms with Crippen LogP contribution in [-0.2, 0) is 18.9 Å². The largest absolute Gasteiger partial charge is 0.354 e. The minimum absolute atomic E-state index is 0.293. The average Bonchev–Trinajstić information content (AvgIpc) is 2.41. The molecule has 0 heterocycles. The Morgan fingerprint density at radius 1 is 0.737 bits per heavy atom. The summed E-state index contributed by atoms with van der Waals surface area (Å²) in [5, 5.41) is 0. The quantitative estimate of drug-likeness (QED) is 0.448. The first kappa shape index (κ1) is 18.2. The van der Waals surface area contributed by atoms with Crippen molar-refractivity contribution in [2.75, 3.05) is 41.5 Å². The minimum atomic E-state index is -0.293. The maximum absolute atomic E-state index is 5.07. The van der Waals surface area contributed by atoms with Gasteiger partial charge in [0.25, 0.3) is 0 Å². The molecule has 0 aliphatic rings. The molecule has 6 nitrogen and oxygen atoms in total. The molecule has 0 fully saturated rings. The molecule has 112 valence electrons. The number of hydrogen-bond donors (Lipinski definition) is 0. The zero-order valence-electron chi connectivity index (χ0n) is 12.8. The van der Waals surface area contributed by atoms with Crippen LogP contribution >= 0.6 is 0 Å². The Bertz CT molecular complexity index is 256. The first-order valence-electron chi connectivity index (χ1n) is 6.18. The number of ether oxygens (including phenoxy) is 4. The highest BCUT2D eigenvalue weighted by atomic mass is 16.7. The molecular weight excluding hydrogens is 248 g/mol. The lowest BCUT2D eigenvalue weighted by Gasteiger charge is -2.12. The second-order valence-electron chi connectivity index (χ2n) is 4.13. The van der Waals surface area contributed by atoms with Crippen LogP contribution in [0.25, 0.3) is 0 Å². The Labute approximate surface area is 115 Å². The van der Waals surface area contributed by atoms with Crippen molar-refractivity contribution < 1.29 is 18.9 Å². The van der Waals surface area contributed by atoms with Crippen LogP contribution in [-0.4, -0.2) is 65.5 Å². The van der Waals surface area contributed by atoms with Gasteiger partial charge < -0.3 is 18.9 Å². The molecule has 0 aromatic heterocycles. The number of hydrogen-bond acceptors (Lipinski definition) is 6. The van der Waals surface area contributed by atoms with Crippen LogP contribution in [0.2, 0.25) is 0 Å². The second-order valence-corrected chi connectivity index (χ2v) is 4.13. The molecule has 0 aromatic carbocycles. The highest BCUT2D eigenvalue weighted by molar-refractivity contribution is 6.02. The van der Waals surface area contributed by atoms with E-state index in [1.165, 1.54) is 0 Å². The number of rotatable bonds is 10. The fourth-order valence-corrected chi connectivity index (χ4v) is 1.43. The third-order valence-electron chi connectivity index (χ3n) is 2.58. The Balaban J connectivity index is 4.19. The maximum Gasteiger partial charge on any atom is 0.176 e. The molecule has 6 heteroatoms. The zero-order valence-corrected chi connectivity index (χ0v) is 12.8. The summed E-state index contributed by atoms with van der Waals surface area (Å²) in [6, 6.07) is 0. The maximum atomic E-state index is 5.07. The molecule has 0 aliphatic carbocycles. The fraction of sp³-hybridized carbons (Fsp3) is 0.846. The molecule has 0 saturated heterocycles. The molecule has 0 atom stereocenters. The third-order valence-corrected chi connectivity index (χ3v) is 2.58. The fourth-order valence-electron chi connectivity index (χ4n) is 1.43. The molecule has 19 heavy (non-hydrogen) atoms. The number of nitrogens with zero attached hydrogens (tertiary/aromatic N) is 2. The van der Waals surface area contributed by atoms with Crippen LogP contribution in [0.5, 0.6) is 0 Å². The molecule has 0 aliphatic heterocycles. The van der Waals surface area contributed by atoms with E-state index in [1.807, 2.05) is 13.8 Å². The lowest BCUT2D eigenvalue weighted by atomic mass is 10.2. The summed E-state index contributed by atoms with van der Waals surface area (Å²) in [6.07, 6.45) is 0.137. The molecular formula is C13H26N2O4. The van der Waals surface area contributed by atoms with Crippen molar-refractivity contribution in [3.05, 3.63) is 0 Å². The predicted molar refractivity (Wildman–Crippen MR) is 76.2 cm³/mol. The van der Waals surface area contributed by atoms with E-state index in [1.54, 1.807) is 28.4 Å². The monoisotopic (exact) mass is 274 g/mol. The third kappa shape index (κ3) is 8.83. The van der Waals surface area contributed by atoms with Crippen molar-refractivity contribution in [3.8, 4) is 0 Å². The van der Waals surface area contributed by atoms with Crippen molar-refractivity contribution in [2.45, 2.75) is 32.8 Å². The van der Waals surface area contributed by atoms with Crippen molar-refractivity contribution in [1.29, 1.82) is 0 Å². The predicted octanol–water partition coefficient (Wildman–Crippen LogP) is 1.54. The van der Waals surface area contributed by atoms with Gasteiger partial charge in [0.2, 0.25) is 0 Å². The standard InChI is InChI=1S/C13H26N2O4/c1-10(14-8-12(16-3)17-4)7-11(2)15-9-13(18-5)19-6/h12-13H,7-9H2,1-6H3. The average molecular weight is 274 g/mol. The van der Waals surface area contributed by atoms with Crippen LogP contribution in [0.1, 0.15) is 20.3 Å². The number of aliphatic imine (C=N–C) groups is 2. The molecule has 0 radical (unpaired) electrons. The van der Waals surface area contributed by atoms with E-state index < -0.39 is 0 Å². The van der Waals surface area contributed by atoms with E-state index >= 15 is 0 Å². The molecule has 0 aromatic rings. The van der Waals surface area contributed by atoms with Gasteiger partial charge in [-0.3, -0.25) is 9.98 Å².